The van der Waals surface area contributed by atoms with Gasteiger partial charge in [-0.1, -0.05) is 28.1 Å². The zero-order valence-corrected chi connectivity index (χ0v) is 14.2. The van der Waals surface area contributed by atoms with Crippen LogP contribution in [0.3, 0.4) is 0 Å². The summed E-state index contributed by atoms with van der Waals surface area (Å²) >= 11 is 3.29. The predicted molar refractivity (Wildman–Crippen MR) is 92.1 cm³/mol. The second-order valence-electron chi connectivity index (χ2n) is 4.96. The topological polar surface area (TPSA) is 84.3 Å². The number of anilines is 1. The van der Waals surface area contributed by atoms with Crippen LogP contribution in [0, 0.1) is 15.9 Å². The lowest BCUT2D eigenvalue weighted by Gasteiger charge is -2.09. The van der Waals surface area contributed by atoms with E-state index in [1.54, 1.807) is 24.3 Å². The minimum atomic E-state index is -0.482. The van der Waals surface area contributed by atoms with Crippen molar-refractivity contribution in [2.24, 2.45) is 0 Å². The number of nitrogens with zero attached hydrogens (tertiary/aromatic N) is 1. The highest BCUT2D eigenvalue weighted by molar-refractivity contribution is 9.10. The van der Waals surface area contributed by atoms with Gasteiger partial charge in [0, 0.05) is 30.0 Å². The molecule has 126 valence electrons. The fourth-order valence-electron chi connectivity index (χ4n) is 2.05. The van der Waals surface area contributed by atoms with E-state index >= 15 is 0 Å². The molecule has 1 amide bonds. The second kappa shape index (κ2) is 8.39. The fourth-order valence-corrected chi connectivity index (χ4v) is 2.44. The monoisotopic (exact) mass is 395 g/mol. The molecule has 2 aromatic rings. The number of amides is 1. The maximum atomic E-state index is 13.2. The van der Waals surface area contributed by atoms with E-state index in [2.05, 4.69) is 26.6 Å². The number of carbonyl (C=O) groups excluding carboxylic acids is 1. The zero-order chi connectivity index (χ0) is 17.5. The number of nitrogens with one attached hydrogen (secondary N) is 2. The highest BCUT2D eigenvalue weighted by Gasteiger charge is 2.12. The van der Waals surface area contributed by atoms with Crippen LogP contribution in [0.25, 0.3) is 0 Å². The van der Waals surface area contributed by atoms with Gasteiger partial charge >= 0.3 is 0 Å². The van der Waals surface area contributed by atoms with Crippen LogP contribution in [-0.2, 0) is 11.3 Å². The van der Waals surface area contributed by atoms with Crippen LogP contribution < -0.4 is 10.6 Å². The lowest BCUT2D eigenvalue weighted by molar-refractivity contribution is -0.384. The van der Waals surface area contributed by atoms with E-state index in [1.807, 2.05) is 0 Å². The summed E-state index contributed by atoms with van der Waals surface area (Å²) in [7, 11) is 0. The molecule has 0 radical (unpaired) electrons. The smallest absolute Gasteiger partial charge is 0.292 e. The Balaban J connectivity index is 1.82. The van der Waals surface area contributed by atoms with Crippen molar-refractivity contribution >= 4 is 33.2 Å². The molecule has 2 aromatic carbocycles. The van der Waals surface area contributed by atoms with Gasteiger partial charge in [0.25, 0.3) is 5.69 Å². The standard InChI is InChI=1S/C16H15BrFN3O3/c17-13-6-5-12(18)9-11(13)10-20-16(22)7-8-19-14-3-1-2-4-15(14)21(23)24/h1-6,9,19H,7-8,10H2,(H,20,22). The average molecular weight is 396 g/mol. The van der Waals surface area contributed by atoms with E-state index in [9.17, 15) is 19.3 Å². The predicted octanol–water partition coefficient (Wildman–Crippen LogP) is 3.61. The van der Waals surface area contributed by atoms with Crippen molar-refractivity contribution < 1.29 is 14.1 Å². The fraction of sp³-hybridized carbons (Fsp3) is 0.188. The lowest BCUT2D eigenvalue weighted by atomic mass is 10.2. The Morgan fingerprint density at radius 1 is 1.25 bits per heavy atom. The van der Waals surface area contributed by atoms with Crippen LogP contribution in [-0.4, -0.2) is 17.4 Å². The normalized spacial score (nSPS) is 10.2. The van der Waals surface area contributed by atoms with Crippen molar-refractivity contribution in [1.82, 2.24) is 5.32 Å². The quantitative estimate of drug-likeness (QED) is 0.553. The molecule has 2 N–H and O–H groups in total. The van der Waals surface area contributed by atoms with Crippen LogP contribution in [0.2, 0.25) is 0 Å². The van der Waals surface area contributed by atoms with E-state index in [0.29, 0.717) is 15.7 Å². The molecular weight excluding hydrogens is 381 g/mol. The number of para-hydroxylation sites is 2. The largest absolute Gasteiger partial charge is 0.379 e. The van der Waals surface area contributed by atoms with Gasteiger partial charge in [0.2, 0.25) is 5.91 Å². The van der Waals surface area contributed by atoms with Crippen LogP contribution >= 0.6 is 15.9 Å². The summed E-state index contributed by atoms with van der Waals surface area (Å²) in [5, 5.41) is 16.4. The van der Waals surface area contributed by atoms with Crippen molar-refractivity contribution in [3.63, 3.8) is 0 Å². The van der Waals surface area contributed by atoms with E-state index < -0.39 is 4.92 Å². The molecule has 24 heavy (non-hydrogen) atoms. The molecule has 0 saturated heterocycles. The van der Waals surface area contributed by atoms with E-state index in [1.165, 1.54) is 18.2 Å². The SMILES string of the molecule is O=C(CCNc1ccccc1[N+](=O)[O-])NCc1cc(F)ccc1Br. The van der Waals surface area contributed by atoms with E-state index in [-0.39, 0.29) is 36.9 Å². The Morgan fingerprint density at radius 2 is 2.00 bits per heavy atom. The third kappa shape index (κ3) is 5.02. The molecule has 0 aromatic heterocycles. The Morgan fingerprint density at radius 3 is 2.75 bits per heavy atom. The van der Waals surface area contributed by atoms with Gasteiger partial charge in [-0.05, 0) is 29.8 Å². The third-order valence-electron chi connectivity index (χ3n) is 3.25. The van der Waals surface area contributed by atoms with Gasteiger partial charge in [-0.2, -0.15) is 0 Å². The van der Waals surface area contributed by atoms with Crippen LogP contribution in [0.5, 0.6) is 0 Å². The van der Waals surface area contributed by atoms with Crippen molar-refractivity contribution in [3.05, 3.63) is 68.4 Å². The molecule has 0 atom stereocenters. The number of hydrogen-bond acceptors (Lipinski definition) is 4. The van der Waals surface area contributed by atoms with Crippen molar-refractivity contribution in [1.29, 1.82) is 0 Å². The second-order valence-corrected chi connectivity index (χ2v) is 5.82. The molecule has 0 aliphatic carbocycles. The molecule has 6 nitrogen and oxygen atoms in total. The van der Waals surface area contributed by atoms with Crippen molar-refractivity contribution in [2.45, 2.75) is 13.0 Å². The van der Waals surface area contributed by atoms with E-state index in [4.69, 9.17) is 0 Å². The van der Waals surface area contributed by atoms with Crippen LogP contribution in [0.15, 0.2) is 46.9 Å². The summed E-state index contributed by atoms with van der Waals surface area (Å²) < 4.78 is 13.9. The van der Waals surface area contributed by atoms with Gasteiger partial charge in [-0.3, -0.25) is 14.9 Å². The summed E-state index contributed by atoms with van der Waals surface area (Å²) in [6, 6.07) is 10.5. The van der Waals surface area contributed by atoms with Crippen molar-refractivity contribution in [2.75, 3.05) is 11.9 Å². The Hall–Kier alpha value is -2.48. The molecule has 0 heterocycles. The molecule has 0 bridgehead atoms. The first-order valence-electron chi connectivity index (χ1n) is 7.15. The zero-order valence-electron chi connectivity index (χ0n) is 12.6. The maximum Gasteiger partial charge on any atom is 0.292 e. The first kappa shape index (κ1) is 17.9. The molecule has 0 spiro atoms. The molecule has 8 heteroatoms. The highest BCUT2D eigenvalue weighted by Crippen LogP contribution is 2.23. The lowest BCUT2D eigenvalue weighted by Crippen LogP contribution is -2.25. The van der Waals surface area contributed by atoms with Crippen LogP contribution in [0.4, 0.5) is 15.8 Å². The molecule has 0 aliphatic heterocycles. The number of carbonyl (C=O) groups is 1. The van der Waals surface area contributed by atoms with Gasteiger partial charge in [0.05, 0.1) is 4.92 Å². The van der Waals surface area contributed by atoms with Gasteiger partial charge in [0.1, 0.15) is 11.5 Å². The first-order valence-corrected chi connectivity index (χ1v) is 7.94. The summed E-state index contributed by atoms with van der Waals surface area (Å²) in [5.74, 6) is -0.613. The summed E-state index contributed by atoms with van der Waals surface area (Å²) in [5.41, 5.74) is 0.958. The highest BCUT2D eigenvalue weighted by atomic mass is 79.9. The number of benzene rings is 2. The minimum absolute atomic E-state index is 0.0402. The minimum Gasteiger partial charge on any atom is -0.379 e. The number of halogens is 2. The molecule has 0 unspecified atom stereocenters. The number of rotatable bonds is 7. The van der Waals surface area contributed by atoms with Gasteiger partial charge < -0.3 is 10.6 Å². The molecule has 0 saturated carbocycles. The van der Waals surface area contributed by atoms with Gasteiger partial charge in [-0.15, -0.1) is 0 Å². The number of nitro groups is 1. The Labute approximate surface area is 146 Å². The molecule has 2 rings (SSSR count). The number of hydrogen-bond donors (Lipinski definition) is 2. The summed E-state index contributed by atoms with van der Waals surface area (Å²) in [4.78, 5) is 22.2. The van der Waals surface area contributed by atoms with Crippen LogP contribution in [0.1, 0.15) is 12.0 Å². The van der Waals surface area contributed by atoms with Gasteiger partial charge in [-0.25, -0.2) is 4.39 Å². The average Bonchev–Trinajstić information content (AvgIpc) is 2.56. The molecular formula is C16H15BrFN3O3. The number of nitro benzene ring substituents is 1. The van der Waals surface area contributed by atoms with E-state index in [0.717, 1.165) is 0 Å². The first-order chi connectivity index (χ1) is 11.5. The van der Waals surface area contributed by atoms with Crippen molar-refractivity contribution in [3.8, 4) is 0 Å². The molecule has 0 fully saturated rings. The summed E-state index contributed by atoms with van der Waals surface area (Å²) in [6.07, 6.45) is 0.138. The molecule has 0 aliphatic rings. The van der Waals surface area contributed by atoms with Gasteiger partial charge in [0.15, 0.2) is 0 Å². The summed E-state index contributed by atoms with van der Waals surface area (Å²) in [6.45, 7) is 0.448. The third-order valence-corrected chi connectivity index (χ3v) is 4.03. The Bertz CT molecular complexity index is 755. The maximum absolute atomic E-state index is 13.2. The Kier molecular flexibility index (Phi) is 6.25.